The Kier molecular flexibility index (Phi) is 13.5. The first kappa shape index (κ1) is 18.9. The summed E-state index contributed by atoms with van der Waals surface area (Å²) in [5.74, 6) is -0.950. The monoisotopic (exact) mass is 287 g/mol. The molecule has 0 aliphatic carbocycles. The van der Waals surface area contributed by atoms with Gasteiger partial charge in [0.2, 0.25) is 0 Å². The second kappa shape index (κ2) is 14.3. The van der Waals surface area contributed by atoms with Crippen LogP contribution in [0.25, 0.3) is 0 Å². The lowest BCUT2D eigenvalue weighted by Gasteiger charge is -2.03. The lowest BCUT2D eigenvalue weighted by atomic mass is 10.1. The number of hydrogen-bond acceptors (Lipinski definition) is 5. The molecule has 118 valence electrons. The summed E-state index contributed by atoms with van der Waals surface area (Å²) in [7, 11) is 0. The van der Waals surface area contributed by atoms with Gasteiger partial charge in [0, 0.05) is 0 Å². The van der Waals surface area contributed by atoms with E-state index in [9.17, 15) is 9.59 Å². The fraction of sp³-hybridized carbons (Fsp3) is 0.867. The number of unbranched alkanes of at least 4 members (excludes halogenated alkanes) is 7. The Labute approximate surface area is 122 Å². The molecule has 0 aliphatic heterocycles. The third kappa shape index (κ3) is 13.3. The van der Waals surface area contributed by atoms with E-state index in [1.54, 1.807) is 0 Å². The van der Waals surface area contributed by atoms with Crippen molar-refractivity contribution in [2.45, 2.75) is 77.6 Å². The van der Waals surface area contributed by atoms with Crippen LogP contribution in [0.4, 0.5) is 0 Å². The fourth-order valence-corrected chi connectivity index (χ4v) is 1.82. The van der Waals surface area contributed by atoms with Crippen molar-refractivity contribution >= 4 is 11.9 Å². The molecule has 0 rings (SSSR count). The van der Waals surface area contributed by atoms with Crippen LogP contribution >= 0.6 is 0 Å². The van der Waals surface area contributed by atoms with E-state index in [0.29, 0.717) is 19.4 Å². The maximum Gasteiger partial charge on any atom is 0.355 e. The highest BCUT2D eigenvalue weighted by Gasteiger charge is 2.09. The molecule has 0 aromatic carbocycles. The van der Waals surface area contributed by atoms with Crippen molar-refractivity contribution in [3.05, 3.63) is 0 Å². The minimum absolute atomic E-state index is 0.268. The van der Waals surface area contributed by atoms with Crippen LogP contribution in [0.3, 0.4) is 0 Å². The minimum atomic E-state index is -0.488. The first-order chi connectivity index (χ1) is 9.70. The van der Waals surface area contributed by atoms with Gasteiger partial charge in [0.15, 0.2) is 0 Å². The highest BCUT2D eigenvalue weighted by molar-refractivity contribution is 5.72. The zero-order valence-electron chi connectivity index (χ0n) is 12.7. The number of nitrogens with two attached hydrogens (primary N) is 1. The van der Waals surface area contributed by atoms with Crippen LogP contribution in [0.1, 0.15) is 77.6 Å². The van der Waals surface area contributed by atoms with Crippen LogP contribution in [0.15, 0.2) is 0 Å². The van der Waals surface area contributed by atoms with E-state index in [2.05, 4.69) is 16.7 Å². The van der Waals surface area contributed by atoms with Crippen LogP contribution in [0.2, 0.25) is 0 Å². The summed E-state index contributed by atoms with van der Waals surface area (Å²) in [5.41, 5.74) is 5.34. The SMILES string of the molecule is CCCCCCCCC(=O)OOC(=O)CCCCCN. The molecule has 2 N–H and O–H groups in total. The van der Waals surface area contributed by atoms with Crippen LogP contribution < -0.4 is 5.73 Å². The molecule has 0 atom stereocenters. The number of rotatable bonds is 12. The molecule has 0 amide bonds. The van der Waals surface area contributed by atoms with Gasteiger partial charge in [-0.3, -0.25) is 0 Å². The van der Waals surface area contributed by atoms with Crippen LogP contribution in [-0.2, 0) is 19.4 Å². The predicted molar refractivity (Wildman–Crippen MR) is 77.7 cm³/mol. The van der Waals surface area contributed by atoms with Crippen molar-refractivity contribution in [1.82, 2.24) is 0 Å². The summed E-state index contributed by atoms with van der Waals surface area (Å²) in [6.45, 7) is 2.80. The third-order valence-electron chi connectivity index (χ3n) is 3.05. The summed E-state index contributed by atoms with van der Waals surface area (Å²) < 4.78 is 0. The van der Waals surface area contributed by atoms with Crippen molar-refractivity contribution in [3.8, 4) is 0 Å². The predicted octanol–water partition coefficient (Wildman–Crippen LogP) is 3.26. The van der Waals surface area contributed by atoms with E-state index in [-0.39, 0.29) is 6.42 Å². The topological polar surface area (TPSA) is 78.6 Å². The number of carbonyl (C=O) groups is 2. The molecule has 0 heterocycles. The molecular weight excluding hydrogens is 258 g/mol. The van der Waals surface area contributed by atoms with E-state index in [1.165, 1.54) is 19.3 Å². The summed E-state index contributed by atoms with van der Waals surface area (Å²) in [6, 6.07) is 0. The van der Waals surface area contributed by atoms with Gasteiger partial charge >= 0.3 is 11.9 Å². The second-order valence-electron chi connectivity index (χ2n) is 5.03. The van der Waals surface area contributed by atoms with Crippen LogP contribution in [0.5, 0.6) is 0 Å². The highest BCUT2D eigenvalue weighted by Crippen LogP contribution is 2.08. The van der Waals surface area contributed by atoms with Gasteiger partial charge < -0.3 is 5.73 Å². The molecule has 0 spiro atoms. The normalized spacial score (nSPS) is 10.3. The zero-order chi connectivity index (χ0) is 15.1. The molecule has 0 aliphatic rings. The summed E-state index contributed by atoms with van der Waals surface area (Å²) in [4.78, 5) is 31.5. The first-order valence-electron chi connectivity index (χ1n) is 7.81. The van der Waals surface area contributed by atoms with Crippen molar-refractivity contribution < 1.29 is 19.4 Å². The van der Waals surface area contributed by atoms with Gasteiger partial charge in [-0.15, -0.1) is 0 Å². The molecule has 0 fully saturated rings. The van der Waals surface area contributed by atoms with Gasteiger partial charge in [-0.25, -0.2) is 19.4 Å². The van der Waals surface area contributed by atoms with Crippen molar-refractivity contribution in [2.75, 3.05) is 6.54 Å². The molecule has 0 saturated heterocycles. The average Bonchev–Trinajstić information content (AvgIpc) is 2.45. The van der Waals surface area contributed by atoms with Crippen molar-refractivity contribution in [2.24, 2.45) is 5.73 Å². The van der Waals surface area contributed by atoms with E-state index < -0.39 is 11.9 Å². The van der Waals surface area contributed by atoms with Crippen LogP contribution in [0, 0.1) is 0 Å². The Balaban J connectivity index is 3.36. The molecule has 5 heteroatoms. The quantitative estimate of drug-likeness (QED) is 0.338. The summed E-state index contributed by atoms with van der Waals surface area (Å²) in [6.07, 6.45) is 9.68. The highest BCUT2D eigenvalue weighted by atomic mass is 17.2. The van der Waals surface area contributed by atoms with Crippen molar-refractivity contribution in [3.63, 3.8) is 0 Å². The third-order valence-corrected chi connectivity index (χ3v) is 3.05. The maximum absolute atomic E-state index is 11.3. The van der Waals surface area contributed by atoms with Gasteiger partial charge in [-0.1, -0.05) is 45.4 Å². The Morgan fingerprint density at radius 3 is 1.70 bits per heavy atom. The van der Waals surface area contributed by atoms with E-state index in [0.717, 1.165) is 32.1 Å². The number of hydrogen-bond donors (Lipinski definition) is 1. The molecular formula is C15H29NO4. The van der Waals surface area contributed by atoms with Gasteiger partial charge in [0.1, 0.15) is 0 Å². The van der Waals surface area contributed by atoms with Crippen molar-refractivity contribution in [1.29, 1.82) is 0 Å². The smallest absolute Gasteiger partial charge is 0.330 e. The van der Waals surface area contributed by atoms with E-state index in [1.807, 2.05) is 0 Å². The Morgan fingerprint density at radius 1 is 0.750 bits per heavy atom. The van der Waals surface area contributed by atoms with Gasteiger partial charge in [-0.05, 0) is 25.8 Å². The van der Waals surface area contributed by atoms with Gasteiger partial charge in [0.05, 0.1) is 12.8 Å². The maximum atomic E-state index is 11.3. The Hall–Kier alpha value is -1.10. The molecule has 5 nitrogen and oxygen atoms in total. The molecule has 0 saturated carbocycles. The first-order valence-corrected chi connectivity index (χ1v) is 7.81. The largest absolute Gasteiger partial charge is 0.355 e. The average molecular weight is 287 g/mol. The molecule has 20 heavy (non-hydrogen) atoms. The number of carbonyl (C=O) groups excluding carboxylic acids is 2. The Bertz CT molecular complexity index is 256. The lowest BCUT2D eigenvalue weighted by Crippen LogP contribution is -2.11. The molecule has 0 bridgehead atoms. The van der Waals surface area contributed by atoms with Crippen LogP contribution in [-0.4, -0.2) is 18.5 Å². The summed E-state index contributed by atoms with van der Waals surface area (Å²) >= 11 is 0. The lowest BCUT2D eigenvalue weighted by molar-refractivity contribution is -0.259. The second-order valence-corrected chi connectivity index (χ2v) is 5.03. The zero-order valence-corrected chi connectivity index (χ0v) is 12.7. The molecule has 0 aromatic heterocycles. The van der Waals surface area contributed by atoms with Gasteiger partial charge in [-0.2, -0.15) is 0 Å². The summed E-state index contributed by atoms with van der Waals surface area (Å²) in [5, 5.41) is 0. The van der Waals surface area contributed by atoms with E-state index in [4.69, 9.17) is 5.73 Å². The molecule has 0 unspecified atom stereocenters. The molecule has 0 radical (unpaired) electrons. The fourth-order valence-electron chi connectivity index (χ4n) is 1.82. The molecule has 0 aromatic rings. The minimum Gasteiger partial charge on any atom is -0.330 e. The van der Waals surface area contributed by atoms with E-state index >= 15 is 0 Å². The Morgan fingerprint density at radius 2 is 1.20 bits per heavy atom. The van der Waals surface area contributed by atoms with Gasteiger partial charge in [0.25, 0.3) is 0 Å². The standard InChI is InChI=1S/C15H29NO4/c1-2-3-4-5-6-8-11-14(17)19-20-15(18)12-9-7-10-13-16/h2-13,16H2,1H3.